The van der Waals surface area contributed by atoms with Gasteiger partial charge in [0.15, 0.2) is 0 Å². The van der Waals surface area contributed by atoms with Crippen LogP contribution in [0.1, 0.15) is 19.6 Å². The molecular formula is C22H24NO2+. The highest BCUT2D eigenvalue weighted by Crippen LogP contribution is 2.34. The lowest BCUT2D eigenvalue weighted by atomic mass is 9.97. The molecule has 3 nitrogen and oxygen atoms in total. The Balaban J connectivity index is 2.28. The fourth-order valence-electron chi connectivity index (χ4n) is 3.05. The lowest BCUT2D eigenvalue weighted by molar-refractivity contribution is 0.340. The van der Waals surface area contributed by atoms with Crippen LogP contribution in [-0.4, -0.2) is 20.2 Å². The number of hydrogen-bond donors (Lipinski definition) is 0. The van der Waals surface area contributed by atoms with Gasteiger partial charge in [0, 0.05) is 17.7 Å². The summed E-state index contributed by atoms with van der Waals surface area (Å²) in [6.07, 6.45) is 3.48. The molecule has 1 aliphatic carbocycles. The summed E-state index contributed by atoms with van der Waals surface area (Å²) in [5.41, 5.74) is 3.44. The average molecular weight is 334 g/mol. The third-order valence-electron chi connectivity index (χ3n) is 4.35. The van der Waals surface area contributed by atoms with E-state index in [0.29, 0.717) is 0 Å². The molecule has 0 spiro atoms. The number of nitrogens with zero attached hydrogens (tertiary/aromatic N) is 1. The molecule has 0 unspecified atom stereocenters. The van der Waals surface area contributed by atoms with E-state index in [-0.39, 0.29) is 0 Å². The van der Waals surface area contributed by atoms with Crippen molar-refractivity contribution in [2.75, 3.05) is 20.2 Å². The number of benzene rings is 2. The van der Waals surface area contributed by atoms with E-state index >= 15 is 0 Å². The van der Waals surface area contributed by atoms with Gasteiger partial charge in [-0.05, 0) is 37.1 Å². The van der Waals surface area contributed by atoms with Crippen LogP contribution in [0.25, 0.3) is 28.5 Å². The predicted molar refractivity (Wildman–Crippen MR) is 103 cm³/mol. The van der Waals surface area contributed by atoms with Crippen LogP contribution in [-0.2, 0) is 4.74 Å². The Morgan fingerprint density at radius 2 is 1.72 bits per heavy atom. The normalized spacial score (nSPS) is 11.2. The molecule has 0 N–H and O–H groups in total. The molecule has 0 bridgehead atoms. The summed E-state index contributed by atoms with van der Waals surface area (Å²) in [7, 11) is 1.63. The number of ether oxygens (including phenoxy) is 1. The number of rotatable bonds is 5. The summed E-state index contributed by atoms with van der Waals surface area (Å²) in [4.78, 5) is 0. The first-order valence-corrected chi connectivity index (χ1v) is 8.67. The summed E-state index contributed by atoms with van der Waals surface area (Å²) in [5, 5.41) is 1.17. The van der Waals surface area contributed by atoms with Gasteiger partial charge in [-0.2, -0.15) is 0 Å². The number of fused-ring (bicyclic) bond motifs is 1. The van der Waals surface area contributed by atoms with Crippen LogP contribution in [0.4, 0.5) is 0 Å². The van der Waals surface area contributed by atoms with E-state index in [1.54, 1.807) is 13.4 Å². The van der Waals surface area contributed by atoms with Crippen molar-refractivity contribution in [3.8, 4) is 22.5 Å². The Bertz CT molecular complexity index is 901. The topological polar surface area (TPSA) is 25.4 Å². The van der Waals surface area contributed by atoms with Crippen LogP contribution >= 0.6 is 0 Å². The predicted octanol–water partition coefficient (Wildman–Crippen LogP) is 4.48. The van der Waals surface area contributed by atoms with Crippen LogP contribution in [0.3, 0.4) is 0 Å². The average Bonchev–Trinajstić information content (AvgIpc) is 2.67. The number of methoxy groups -OCH3 is 1. The second-order valence-corrected chi connectivity index (χ2v) is 5.82. The second kappa shape index (κ2) is 7.84. The fraction of sp³-hybridized carbons (Fsp3) is 0.227. The molecule has 0 saturated heterocycles. The molecule has 25 heavy (non-hydrogen) atoms. The Hall–Kier alpha value is -2.81. The maximum absolute atomic E-state index is 6.11. The number of hydrogen-bond acceptors (Lipinski definition) is 2. The summed E-state index contributed by atoms with van der Waals surface area (Å²) in [6.45, 7) is 6.27. The van der Waals surface area contributed by atoms with E-state index in [1.807, 2.05) is 12.1 Å². The summed E-state index contributed by atoms with van der Waals surface area (Å²) < 4.78 is 13.5. The smallest absolute Gasteiger partial charge is 0.203 e. The monoisotopic (exact) mass is 334 g/mol. The molecule has 0 fully saturated rings. The van der Waals surface area contributed by atoms with E-state index in [2.05, 4.69) is 67.0 Å². The zero-order chi connectivity index (χ0) is 17.6. The molecule has 0 atom stereocenters. The molecule has 0 saturated carbocycles. The van der Waals surface area contributed by atoms with Gasteiger partial charge in [-0.25, -0.2) is 4.58 Å². The third-order valence-corrected chi connectivity index (χ3v) is 4.35. The van der Waals surface area contributed by atoms with Crippen molar-refractivity contribution in [1.29, 1.82) is 0 Å². The van der Waals surface area contributed by atoms with Gasteiger partial charge in [0.25, 0.3) is 0 Å². The highest BCUT2D eigenvalue weighted by atomic mass is 16.5. The quantitative estimate of drug-likeness (QED) is 0.508. The minimum atomic E-state index is 0.768. The first-order chi connectivity index (χ1) is 12.3. The van der Waals surface area contributed by atoms with Crippen LogP contribution in [0, 0.1) is 0 Å². The standard InChI is InChI=1S/C22H24NO2/c1-4-23(5-2)18-11-12-20-21(17-9-7-6-8-10-17)16-19(13-14-24-3)25-22(20)15-18/h6-16H,4-5H2,1-3H3/q+1/b14-13+. The zero-order valence-corrected chi connectivity index (χ0v) is 15.0. The maximum Gasteiger partial charge on any atom is 0.203 e. The molecule has 1 aromatic rings. The molecule has 128 valence electrons. The molecule has 0 aromatic heterocycles. The minimum absolute atomic E-state index is 0.768. The van der Waals surface area contributed by atoms with Crippen molar-refractivity contribution in [3.63, 3.8) is 0 Å². The Labute approximate surface area is 148 Å². The first kappa shape index (κ1) is 17.0. The molecule has 3 rings (SSSR count). The van der Waals surface area contributed by atoms with E-state index in [1.165, 1.54) is 10.9 Å². The molecule has 2 aliphatic rings. The van der Waals surface area contributed by atoms with Gasteiger partial charge in [-0.1, -0.05) is 30.3 Å². The first-order valence-electron chi connectivity index (χ1n) is 8.67. The SMILES string of the molecule is CC[N+](CC)=c1ccc2c(-c3ccccc3)cc(/C=C/OC)oc-2c1. The molecule has 1 heterocycles. The Morgan fingerprint density at radius 3 is 2.40 bits per heavy atom. The summed E-state index contributed by atoms with van der Waals surface area (Å²) in [5.74, 6) is 1.64. The van der Waals surface area contributed by atoms with Gasteiger partial charge in [-0.3, -0.25) is 0 Å². The van der Waals surface area contributed by atoms with Crippen molar-refractivity contribution in [3.05, 3.63) is 72.0 Å². The lowest BCUT2D eigenvalue weighted by Gasteiger charge is -2.13. The molecule has 0 amide bonds. The van der Waals surface area contributed by atoms with Gasteiger partial charge >= 0.3 is 0 Å². The third kappa shape index (κ3) is 3.66. The summed E-state index contributed by atoms with van der Waals surface area (Å²) >= 11 is 0. The van der Waals surface area contributed by atoms with Crippen molar-refractivity contribution >= 4 is 6.08 Å². The molecule has 1 aromatic carbocycles. The Morgan fingerprint density at radius 1 is 0.960 bits per heavy atom. The molecule has 1 aliphatic heterocycles. The van der Waals surface area contributed by atoms with Gasteiger partial charge in [0.2, 0.25) is 5.36 Å². The van der Waals surface area contributed by atoms with Gasteiger partial charge in [0.05, 0.1) is 19.4 Å². The van der Waals surface area contributed by atoms with Crippen molar-refractivity contribution in [1.82, 2.24) is 4.58 Å². The van der Waals surface area contributed by atoms with Crippen LogP contribution in [0.15, 0.2) is 65.3 Å². The van der Waals surface area contributed by atoms with E-state index in [0.717, 1.165) is 35.7 Å². The largest absolute Gasteiger partial charge is 0.504 e. The van der Waals surface area contributed by atoms with Crippen molar-refractivity contribution in [2.24, 2.45) is 0 Å². The fourth-order valence-corrected chi connectivity index (χ4v) is 3.05. The molecule has 0 radical (unpaired) electrons. The second-order valence-electron chi connectivity index (χ2n) is 5.82. The maximum atomic E-state index is 6.11. The van der Waals surface area contributed by atoms with Crippen molar-refractivity contribution < 1.29 is 9.15 Å². The van der Waals surface area contributed by atoms with Crippen LogP contribution < -0.4 is 9.93 Å². The molecule has 3 heteroatoms. The Kier molecular flexibility index (Phi) is 5.34. The van der Waals surface area contributed by atoms with Crippen molar-refractivity contribution in [2.45, 2.75) is 13.8 Å². The lowest BCUT2D eigenvalue weighted by Crippen LogP contribution is -2.29. The zero-order valence-electron chi connectivity index (χ0n) is 15.0. The van der Waals surface area contributed by atoms with Crippen LogP contribution in [0.2, 0.25) is 0 Å². The van der Waals surface area contributed by atoms with E-state index in [9.17, 15) is 0 Å². The highest BCUT2D eigenvalue weighted by molar-refractivity contribution is 5.82. The van der Waals surface area contributed by atoms with Gasteiger partial charge < -0.3 is 9.15 Å². The highest BCUT2D eigenvalue weighted by Gasteiger charge is 2.15. The minimum Gasteiger partial charge on any atom is -0.504 e. The van der Waals surface area contributed by atoms with E-state index < -0.39 is 0 Å². The van der Waals surface area contributed by atoms with Crippen LogP contribution in [0.5, 0.6) is 0 Å². The van der Waals surface area contributed by atoms with Gasteiger partial charge in [0.1, 0.15) is 24.6 Å². The molecular weight excluding hydrogens is 310 g/mol. The summed E-state index contributed by atoms with van der Waals surface area (Å²) in [6, 6.07) is 18.9. The van der Waals surface area contributed by atoms with Gasteiger partial charge in [-0.15, -0.1) is 0 Å². The van der Waals surface area contributed by atoms with E-state index in [4.69, 9.17) is 9.15 Å².